The van der Waals surface area contributed by atoms with Gasteiger partial charge in [0.05, 0.1) is 14.2 Å². The Morgan fingerprint density at radius 2 is 1.70 bits per heavy atom. The molecule has 0 aliphatic heterocycles. The molecule has 0 aliphatic rings. The fourth-order valence-electron chi connectivity index (χ4n) is 2.81. The molecule has 0 amide bonds. The molecule has 0 radical (unpaired) electrons. The standard InChI is InChI=1S/C17H19FN4O4S/c1-20-13-14(21(2)17(24)22(3)15(13)23)19-16(20)27-8-9-6-12(26-5)10(18)7-11(9)25-4/h6-7H,8H2,1-5H3. The van der Waals surface area contributed by atoms with Crippen LogP contribution in [0.15, 0.2) is 26.9 Å². The van der Waals surface area contributed by atoms with Crippen molar-refractivity contribution in [1.29, 1.82) is 0 Å². The molecule has 0 saturated carbocycles. The predicted molar refractivity (Wildman–Crippen MR) is 100 cm³/mol. The predicted octanol–water partition coefficient (Wildman–Crippen LogP) is 1.42. The number of ether oxygens (including phenoxy) is 2. The number of hydrogen-bond acceptors (Lipinski definition) is 6. The first-order valence-electron chi connectivity index (χ1n) is 7.95. The van der Waals surface area contributed by atoms with Gasteiger partial charge >= 0.3 is 5.69 Å². The number of rotatable bonds is 5. The van der Waals surface area contributed by atoms with Crippen molar-refractivity contribution in [2.45, 2.75) is 10.9 Å². The number of aryl methyl sites for hydroxylation is 2. The van der Waals surface area contributed by atoms with Crippen LogP contribution >= 0.6 is 11.8 Å². The first kappa shape index (κ1) is 19.0. The van der Waals surface area contributed by atoms with Crippen molar-refractivity contribution in [2.24, 2.45) is 21.1 Å². The van der Waals surface area contributed by atoms with Gasteiger partial charge in [-0.25, -0.2) is 14.2 Å². The van der Waals surface area contributed by atoms with Gasteiger partial charge in [-0.2, -0.15) is 0 Å². The highest BCUT2D eigenvalue weighted by atomic mass is 32.2. The van der Waals surface area contributed by atoms with Crippen LogP contribution in [-0.2, 0) is 26.9 Å². The van der Waals surface area contributed by atoms with Gasteiger partial charge in [0.15, 0.2) is 27.9 Å². The molecule has 27 heavy (non-hydrogen) atoms. The number of hydrogen-bond donors (Lipinski definition) is 0. The number of aromatic nitrogens is 4. The van der Waals surface area contributed by atoms with E-state index in [0.717, 1.165) is 10.1 Å². The molecule has 0 atom stereocenters. The summed E-state index contributed by atoms with van der Waals surface area (Å²) >= 11 is 1.34. The second-order valence-electron chi connectivity index (χ2n) is 5.92. The maximum absolute atomic E-state index is 13.9. The molecule has 0 unspecified atom stereocenters. The van der Waals surface area contributed by atoms with E-state index in [1.54, 1.807) is 24.7 Å². The van der Waals surface area contributed by atoms with Crippen molar-refractivity contribution < 1.29 is 13.9 Å². The quantitative estimate of drug-likeness (QED) is 0.609. The van der Waals surface area contributed by atoms with Crippen molar-refractivity contribution in [3.63, 3.8) is 0 Å². The van der Waals surface area contributed by atoms with E-state index in [4.69, 9.17) is 9.47 Å². The summed E-state index contributed by atoms with van der Waals surface area (Å²) in [7, 11) is 7.57. The van der Waals surface area contributed by atoms with Gasteiger partial charge in [-0.1, -0.05) is 11.8 Å². The number of thioether (sulfide) groups is 1. The van der Waals surface area contributed by atoms with Gasteiger partial charge in [0.1, 0.15) is 5.75 Å². The van der Waals surface area contributed by atoms with Gasteiger partial charge in [0.2, 0.25) is 0 Å². The normalized spacial score (nSPS) is 11.2. The summed E-state index contributed by atoms with van der Waals surface area (Å²) in [5.74, 6) is 0.408. The van der Waals surface area contributed by atoms with Crippen molar-refractivity contribution in [3.05, 3.63) is 44.4 Å². The van der Waals surface area contributed by atoms with Crippen LogP contribution in [0.4, 0.5) is 4.39 Å². The molecule has 3 rings (SSSR count). The van der Waals surface area contributed by atoms with Crippen LogP contribution in [0.5, 0.6) is 11.5 Å². The van der Waals surface area contributed by atoms with Crippen LogP contribution in [0.1, 0.15) is 5.56 Å². The summed E-state index contributed by atoms with van der Waals surface area (Å²) in [5, 5.41) is 0.550. The molecule has 0 saturated heterocycles. The zero-order valence-electron chi connectivity index (χ0n) is 15.6. The van der Waals surface area contributed by atoms with E-state index in [9.17, 15) is 14.0 Å². The first-order valence-corrected chi connectivity index (χ1v) is 8.94. The lowest BCUT2D eigenvalue weighted by molar-refractivity contribution is 0.375. The Balaban J connectivity index is 2.03. The van der Waals surface area contributed by atoms with E-state index >= 15 is 0 Å². The van der Waals surface area contributed by atoms with Gasteiger partial charge in [-0.15, -0.1) is 0 Å². The minimum absolute atomic E-state index is 0.118. The highest BCUT2D eigenvalue weighted by Crippen LogP contribution is 2.32. The molecule has 0 aliphatic carbocycles. The topological polar surface area (TPSA) is 80.3 Å². The highest BCUT2D eigenvalue weighted by molar-refractivity contribution is 7.98. The molecule has 0 N–H and O–H groups in total. The summed E-state index contributed by atoms with van der Waals surface area (Å²) in [4.78, 5) is 29.0. The van der Waals surface area contributed by atoms with Gasteiger partial charge < -0.3 is 14.0 Å². The minimum atomic E-state index is -0.510. The zero-order chi connectivity index (χ0) is 19.9. The monoisotopic (exact) mass is 394 g/mol. The Kier molecular flexibility index (Phi) is 5.01. The highest BCUT2D eigenvalue weighted by Gasteiger charge is 2.18. The lowest BCUT2D eigenvalue weighted by Crippen LogP contribution is -2.37. The number of nitrogens with zero attached hydrogens (tertiary/aromatic N) is 4. The Hall–Kier alpha value is -2.75. The Bertz CT molecular complexity index is 1150. The molecule has 0 fully saturated rings. The van der Waals surface area contributed by atoms with E-state index in [1.165, 1.54) is 43.7 Å². The summed E-state index contributed by atoms with van der Waals surface area (Å²) in [6.45, 7) is 0. The smallest absolute Gasteiger partial charge is 0.332 e. The molecular formula is C17H19FN4O4S. The van der Waals surface area contributed by atoms with Crippen LogP contribution in [0.3, 0.4) is 0 Å². The van der Waals surface area contributed by atoms with Crippen molar-refractivity contribution >= 4 is 22.9 Å². The van der Waals surface area contributed by atoms with Crippen LogP contribution < -0.4 is 20.7 Å². The molecule has 144 valence electrons. The van der Waals surface area contributed by atoms with Gasteiger partial charge in [0, 0.05) is 38.5 Å². The van der Waals surface area contributed by atoms with Crippen molar-refractivity contribution in [2.75, 3.05) is 14.2 Å². The lowest BCUT2D eigenvalue weighted by atomic mass is 10.2. The Morgan fingerprint density at radius 1 is 1.04 bits per heavy atom. The van der Waals surface area contributed by atoms with E-state index in [-0.39, 0.29) is 5.75 Å². The maximum Gasteiger partial charge on any atom is 0.332 e. The summed E-state index contributed by atoms with van der Waals surface area (Å²) in [5.41, 5.74) is 0.528. The summed E-state index contributed by atoms with van der Waals surface area (Å²) in [6, 6.07) is 2.84. The van der Waals surface area contributed by atoms with Crippen LogP contribution in [-0.4, -0.2) is 32.9 Å². The third-order valence-corrected chi connectivity index (χ3v) is 5.42. The fraction of sp³-hybridized carbons (Fsp3) is 0.353. The minimum Gasteiger partial charge on any atom is -0.496 e. The van der Waals surface area contributed by atoms with Crippen LogP contribution in [0.2, 0.25) is 0 Å². The summed E-state index contributed by atoms with van der Waals surface area (Å²) < 4.78 is 28.1. The molecule has 1 aromatic carbocycles. The number of benzene rings is 1. The van der Waals surface area contributed by atoms with Gasteiger partial charge in [0.25, 0.3) is 5.56 Å². The molecule has 8 nitrogen and oxygen atoms in total. The third-order valence-electron chi connectivity index (χ3n) is 4.35. The molecule has 2 heterocycles. The Morgan fingerprint density at radius 3 is 2.33 bits per heavy atom. The maximum atomic E-state index is 13.9. The van der Waals surface area contributed by atoms with Gasteiger partial charge in [-0.3, -0.25) is 13.9 Å². The zero-order valence-corrected chi connectivity index (χ0v) is 16.4. The SMILES string of the molecule is COc1cc(CSc2nc3c(c(=O)n(C)c(=O)n3C)n2C)c(OC)cc1F. The molecular weight excluding hydrogens is 375 g/mol. The average Bonchev–Trinajstić information content (AvgIpc) is 2.99. The number of imidazole rings is 1. The number of methoxy groups -OCH3 is 2. The van der Waals surface area contributed by atoms with Crippen LogP contribution in [0.25, 0.3) is 11.2 Å². The van der Waals surface area contributed by atoms with Crippen LogP contribution in [0, 0.1) is 5.82 Å². The molecule has 0 spiro atoms. The van der Waals surface area contributed by atoms with Gasteiger partial charge in [-0.05, 0) is 6.07 Å². The fourth-order valence-corrected chi connectivity index (χ4v) is 3.75. The van der Waals surface area contributed by atoms with E-state index in [1.807, 2.05) is 0 Å². The molecule has 0 bridgehead atoms. The first-order chi connectivity index (χ1) is 12.8. The second-order valence-corrected chi connectivity index (χ2v) is 6.86. The van der Waals surface area contributed by atoms with E-state index in [0.29, 0.717) is 27.8 Å². The number of halogens is 1. The lowest BCUT2D eigenvalue weighted by Gasteiger charge is -2.11. The second kappa shape index (κ2) is 7.10. The van der Waals surface area contributed by atoms with E-state index in [2.05, 4.69) is 4.98 Å². The third kappa shape index (κ3) is 3.09. The van der Waals surface area contributed by atoms with E-state index < -0.39 is 17.1 Å². The largest absolute Gasteiger partial charge is 0.496 e. The number of fused-ring (bicyclic) bond motifs is 1. The molecule has 10 heteroatoms. The molecule has 2 aromatic heterocycles. The van der Waals surface area contributed by atoms with Crippen molar-refractivity contribution in [1.82, 2.24) is 18.7 Å². The molecule has 3 aromatic rings. The van der Waals surface area contributed by atoms with Crippen molar-refractivity contribution in [3.8, 4) is 11.5 Å². The average molecular weight is 394 g/mol. The summed E-state index contributed by atoms with van der Waals surface area (Å²) in [6.07, 6.45) is 0. The Labute approximate surface area is 158 Å².